The molecule has 0 saturated carbocycles. The maximum absolute atomic E-state index is 11.9. The van der Waals surface area contributed by atoms with Crippen molar-refractivity contribution < 1.29 is 4.79 Å². The third kappa shape index (κ3) is 5.55. The highest BCUT2D eigenvalue weighted by Gasteiger charge is 2.14. The molecule has 1 unspecified atom stereocenters. The van der Waals surface area contributed by atoms with Crippen molar-refractivity contribution in [2.24, 2.45) is 0 Å². The van der Waals surface area contributed by atoms with Crippen LogP contribution in [0.25, 0.3) is 0 Å². The minimum absolute atomic E-state index is 0.0797. The Hall–Kier alpha value is -1.16. The number of nitrogens with one attached hydrogen (secondary N) is 1. The molecule has 0 heterocycles. The lowest BCUT2D eigenvalue weighted by Gasteiger charge is -2.13. The van der Waals surface area contributed by atoms with Gasteiger partial charge in [0.2, 0.25) is 5.91 Å². The summed E-state index contributed by atoms with van der Waals surface area (Å²) < 4.78 is 0. The van der Waals surface area contributed by atoms with Crippen LogP contribution in [0.5, 0.6) is 0 Å². The van der Waals surface area contributed by atoms with Gasteiger partial charge in [0, 0.05) is 17.1 Å². The lowest BCUT2D eigenvalue weighted by molar-refractivity contribution is -0.120. The van der Waals surface area contributed by atoms with Crippen molar-refractivity contribution in [1.29, 1.82) is 0 Å². The van der Waals surface area contributed by atoms with Crippen molar-refractivity contribution in [1.82, 2.24) is 5.32 Å². The van der Waals surface area contributed by atoms with Crippen LogP contribution in [0.2, 0.25) is 0 Å². The van der Waals surface area contributed by atoms with E-state index in [0.29, 0.717) is 0 Å². The number of aryl methyl sites for hydroxylation is 1. The van der Waals surface area contributed by atoms with Crippen LogP contribution < -0.4 is 11.1 Å². The molecule has 0 bridgehead atoms. The molecule has 0 fully saturated rings. The first-order valence-electron chi connectivity index (χ1n) is 6.85. The molecule has 0 aliphatic rings. The molecule has 1 aromatic rings. The van der Waals surface area contributed by atoms with Crippen molar-refractivity contribution in [3.05, 3.63) is 23.8 Å². The largest absolute Gasteiger partial charge is 0.399 e. The highest BCUT2D eigenvalue weighted by atomic mass is 32.2. The van der Waals surface area contributed by atoms with Crippen molar-refractivity contribution in [3.63, 3.8) is 0 Å². The standard InChI is InChI=1S/C15H24N2OS/c1-4-5-6-9-17-15(18)12(3)19-14-8-7-13(16)10-11(14)2/h7-8,10,12H,4-6,9,16H2,1-3H3,(H,17,18). The van der Waals surface area contributed by atoms with Crippen LogP contribution in [0.1, 0.15) is 38.7 Å². The number of anilines is 1. The van der Waals surface area contributed by atoms with E-state index in [1.54, 1.807) is 11.8 Å². The summed E-state index contributed by atoms with van der Waals surface area (Å²) in [7, 11) is 0. The molecule has 19 heavy (non-hydrogen) atoms. The number of carbonyl (C=O) groups is 1. The molecule has 3 nitrogen and oxygen atoms in total. The monoisotopic (exact) mass is 280 g/mol. The molecule has 0 radical (unpaired) electrons. The Morgan fingerprint density at radius 2 is 2.16 bits per heavy atom. The molecule has 106 valence electrons. The molecule has 1 rings (SSSR count). The van der Waals surface area contributed by atoms with Crippen molar-refractivity contribution >= 4 is 23.4 Å². The van der Waals surface area contributed by atoms with Crippen LogP contribution in [0.15, 0.2) is 23.1 Å². The van der Waals surface area contributed by atoms with Gasteiger partial charge in [-0.05, 0) is 44.0 Å². The molecule has 0 aliphatic heterocycles. The molecule has 0 saturated heterocycles. The van der Waals surface area contributed by atoms with Crippen molar-refractivity contribution in [2.45, 2.75) is 50.2 Å². The Bertz CT molecular complexity index is 421. The van der Waals surface area contributed by atoms with Gasteiger partial charge in [-0.2, -0.15) is 0 Å². The normalized spacial score (nSPS) is 12.2. The fourth-order valence-electron chi connectivity index (χ4n) is 1.78. The second kappa shape index (κ2) is 8.10. The van der Waals surface area contributed by atoms with Gasteiger partial charge in [-0.3, -0.25) is 4.79 Å². The average Bonchev–Trinajstić information content (AvgIpc) is 2.37. The summed E-state index contributed by atoms with van der Waals surface area (Å²) in [6.07, 6.45) is 3.39. The summed E-state index contributed by atoms with van der Waals surface area (Å²) in [5, 5.41) is 2.90. The number of hydrogen-bond donors (Lipinski definition) is 2. The molecule has 0 aliphatic carbocycles. The van der Waals surface area contributed by atoms with E-state index in [-0.39, 0.29) is 11.2 Å². The lowest BCUT2D eigenvalue weighted by atomic mass is 10.2. The Labute approximate surface area is 120 Å². The number of hydrogen-bond acceptors (Lipinski definition) is 3. The summed E-state index contributed by atoms with van der Waals surface area (Å²) in [5.41, 5.74) is 7.61. The number of rotatable bonds is 7. The lowest BCUT2D eigenvalue weighted by Crippen LogP contribution is -2.31. The smallest absolute Gasteiger partial charge is 0.233 e. The molecule has 0 aromatic heterocycles. The molecule has 1 aromatic carbocycles. The van der Waals surface area contributed by atoms with E-state index in [2.05, 4.69) is 12.2 Å². The van der Waals surface area contributed by atoms with Gasteiger partial charge in [-0.25, -0.2) is 0 Å². The van der Waals surface area contributed by atoms with Gasteiger partial charge in [0.25, 0.3) is 0 Å². The average molecular weight is 280 g/mol. The molecular formula is C15H24N2OS. The fourth-order valence-corrected chi connectivity index (χ4v) is 2.74. The first-order valence-corrected chi connectivity index (χ1v) is 7.73. The number of carbonyl (C=O) groups excluding carboxylic acids is 1. The van der Waals surface area contributed by atoms with Gasteiger partial charge in [0.05, 0.1) is 5.25 Å². The summed E-state index contributed by atoms with van der Waals surface area (Å²) in [6, 6.07) is 5.80. The second-order valence-corrected chi connectivity index (χ2v) is 6.17. The summed E-state index contributed by atoms with van der Waals surface area (Å²) in [4.78, 5) is 13.0. The minimum atomic E-state index is -0.0797. The number of benzene rings is 1. The van der Waals surface area contributed by atoms with Crippen LogP contribution in [-0.2, 0) is 4.79 Å². The Morgan fingerprint density at radius 3 is 2.79 bits per heavy atom. The maximum Gasteiger partial charge on any atom is 0.233 e. The van der Waals surface area contributed by atoms with Gasteiger partial charge in [-0.15, -0.1) is 11.8 Å². The summed E-state index contributed by atoms with van der Waals surface area (Å²) in [5.74, 6) is 0.109. The van der Waals surface area contributed by atoms with Crippen molar-refractivity contribution in [3.8, 4) is 0 Å². The fraction of sp³-hybridized carbons (Fsp3) is 0.533. The third-order valence-electron chi connectivity index (χ3n) is 2.95. The van der Waals surface area contributed by atoms with Crippen LogP contribution in [0, 0.1) is 6.92 Å². The predicted molar refractivity (Wildman–Crippen MR) is 83.4 cm³/mol. The van der Waals surface area contributed by atoms with Gasteiger partial charge in [0.15, 0.2) is 0 Å². The zero-order chi connectivity index (χ0) is 14.3. The number of nitrogens with two attached hydrogens (primary N) is 1. The van der Waals surface area contributed by atoms with E-state index in [9.17, 15) is 4.79 Å². The highest BCUT2D eigenvalue weighted by Crippen LogP contribution is 2.27. The topological polar surface area (TPSA) is 55.1 Å². The van der Waals surface area contributed by atoms with E-state index in [1.165, 1.54) is 12.8 Å². The Kier molecular flexibility index (Phi) is 6.78. The molecule has 1 atom stereocenters. The van der Waals surface area contributed by atoms with E-state index >= 15 is 0 Å². The van der Waals surface area contributed by atoms with E-state index in [0.717, 1.165) is 29.1 Å². The van der Waals surface area contributed by atoms with E-state index in [1.807, 2.05) is 32.0 Å². The number of nitrogen functional groups attached to an aromatic ring is 1. The number of unbranched alkanes of at least 4 members (excludes halogenated alkanes) is 2. The van der Waals surface area contributed by atoms with Gasteiger partial charge >= 0.3 is 0 Å². The van der Waals surface area contributed by atoms with Crippen molar-refractivity contribution in [2.75, 3.05) is 12.3 Å². The maximum atomic E-state index is 11.9. The number of amides is 1. The Morgan fingerprint density at radius 1 is 1.42 bits per heavy atom. The Balaban J connectivity index is 2.45. The molecule has 1 amide bonds. The van der Waals surface area contributed by atoms with Crippen LogP contribution in [0.4, 0.5) is 5.69 Å². The van der Waals surface area contributed by atoms with E-state index < -0.39 is 0 Å². The first kappa shape index (κ1) is 15.9. The van der Waals surface area contributed by atoms with Crippen LogP contribution in [-0.4, -0.2) is 17.7 Å². The first-order chi connectivity index (χ1) is 9.04. The van der Waals surface area contributed by atoms with E-state index in [4.69, 9.17) is 5.73 Å². The third-order valence-corrected chi connectivity index (χ3v) is 4.23. The molecule has 4 heteroatoms. The quantitative estimate of drug-likeness (QED) is 0.457. The van der Waals surface area contributed by atoms with Gasteiger partial charge in [-0.1, -0.05) is 19.8 Å². The molecular weight excluding hydrogens is 256 g/mol. The zero-order valence-corrected chi connectivity index (χ0v) is 12.8. The minimum Gasteiger partial charge on any atom is -0.399 e. The summed E-state index contributed by atoms with van der Waals surface area (Å²) >= 11 is 1.58. The zero-order valence-electron chi connectivity index (χ0n) is 12.0. The van der Waals surface area contributed by atoms with Gasteiger partial charge in [0.1, 0.15) is 0 Å². The number of thioether (sulfide) groups is 1. The van der Waals surface area contributed by atoms with Gasteiger partial charge < -0.3 is 11.1 Å². The summed E-state index contributed by atoms with van der Waals surface area (Å²) in [6.45, 7) is 6.89. The van der Waals surface area contributed by atoms with Crippen LogP contribution in [0.3, 0.4) is 0 Å². The molecule has 0 spiro atoms. The van der Waals surface area contributed by atoms with Crippen LogP contribution >= 0.6 is 11.8 Å². The molecule has 3 N–H and O–H groups in total. The second-order valence-electron chi connectivity index (χ2n) is 4.78. The predicted octanol–water partition coefficient (Wildman–Crippen LogP) is 3.36. The SMILES string of the molecule is CCCCCNC(=O)C(C)Sc1ccc(N)cc1C. The highest BCUT2D eigenvalue weighted by molar-refractivity contribution is 8.00.